The SMILES string of the molecule is CCN(Cc1cc(N2CCN(C)CC2)nc(C)n1)[C@@H](C)c1ccccn1.C[C@@H](c1ccccn1)N(C)Cc1cc(N2CCN(C)CC2)nc(CO)n1.C[C@@H](c1ccccn1)N(C)Cc1cc(N2CCN3CCC[C@@H]3C2)nc(CO)n1.Cc1nc(CN(C)[C@@H](C)c2ccccn2)cc(N2CCN3CCC[C@@H]3C2)n1.Cc1nc(CN(C)[C@@H](C)c2ccccn2)cc(N2CCN3CCC[C@H]3C2)n1. The van der Waals surface area contributed by atoms with E-state index in [2.05, 4.69) is 250 Å². The molecule has 0 unspecified atom stereocenters. The number of anilines is 5. The number of pyridine rings is 5. The lowest BCUT2D eigenvalue weighted by molar-refractivity contribution is 0.206. The minimum Gasteiger partial charge on any atom is -0.388 e. The second-order valence-electron chi connectivity index (χ2n) is 37.7. The second-order valence-corrected chi connectivity index (χ2v) is 37.7. The van der Waals surface area contributed by atoms with Crippen molar-refractivity contribution in [3.8, 4) is 0 Å². The second kappa shape index (κ2) is 48.9. The fourth-order valence-corrected chi connectivity index (χ4v) is 19.4. The molecule has 10 aromatic heterocycles. The maximum Gasteiger partial charge on any atom is 0.156 e. The Labute approximate surface area is 796 Å². The molecule has 0 radical (unpaired) electrons. The van der Waals surface area contributed by atoms with Crippen LogP contribution in [0.3, 0.4) is 0 Å². The van der Waals surface area contributed by atoms with Gasteiger partial charge in [-0.1, -0.05) is 37.3 Å². The largest absolute Gasteiger partial charge is 0.388 e. The van der Waals surface area contributed by atoms with Crippen molar-refractivity contribution in [2.75, 3.05) is 204 Å². The number of nitrogens with zero attached hydrogens (tertiary/aromatic N) is 30. The number of piperazine rings is 5. The molecule has 8 saturated heterocycles. The Morgan fingerprint density at radius 2 is 0.575 bits per heavy atom. The molecule has 0 spiro atoms. The first-order valence-electron chi connectivity index (χ1n) is 48.9. The third-order valence-corrected chi connectivity index (χ3v) is 28.1. The van der Waals surface area contributed by atoms with E-state index in [1.54, 1.807) is 0 Å². The highest BCUT2D eigenvalue weighted by Crippen LogP contribution is 2.33. The van der Waals surface area contributed by atoms with E-state index in [9.17, 15) is 10.2 Å². The summed E-state index contributed by atoms with van der Waals surface area (Å²) < 4.78 is 0. The van der Waals surface area contributed by atoms with Gasteiger partial charge in [0.05, 0.1) is 56.9 Å². The van der Waals surface area contributed by atoms with E-state index < -0.39 is 0 Å². The molecule has 8 atom stereocenters. The van der Waals surface area contributed by atoms with Crippen LogP contribution in [0.25, 0.3) is 0 Å². The summed E-state index contributed by atoms with van der Waals surface area (Å²) in [6.45, 7) is 45.1. The summed E-state index contributed by atoms with van der Waals surface area (Å²) in [5, 5.41) is 19.3. The van der Waals surface area contributed by atoms with Gasteiger partial charge in [0, 0.05) is 254 Å². The third-order valence-electron chi connectivity index (χ3n) is 28.1. The lowest BCUT2D eigenvalue weighted by Gasteiger charge is -2.38. The van der Waals surface area contributed by atoms with Crippen LogP contribution in [0.2, 0.25) is 0 Å². The molecule has 10 aromatic rings. The van der Waals surface area contributed by atoms with Gasteiger partial charge in [0.25, 0.3) is 0 Å². The van der Waals surface area contributed by atoms with Gasteiger partial charge in [-0.15, -0.1) is 0 Å². The number of likely N-dealkylation sites (N-methyl/N-ethyl adjacent to an activating group) is 2. The molecule has 0 aliphatic carbocycles. The highest BCUT2D eigenvalue weighted by molar-refractivity contribution is 5.46. The van der Waals surface area contributed by atoms with Gasteiger partial charge >= 0.3 is 0 Å². The van der Waals surface area contributed by atoms with Crippen molar-refractivity contribution in [3.05, 3.63) is 238 Å². The van der Waals surface area contributed by atoms with E-state index in [0.717, 1.165) is 241 Å². The highest BCUT2D eigenvalue weighted by Gasteiger charge is 2.36. The van der Waals surface area contributed by atoms with Crippen molar-refractivity contribution in [1.82, 2.24) is 124 Å². The first kappa shape index (κ1) is 99.6. The van der Waals surface area contributed by atoms with Crippen LogP contribution < -0.4 is 24.5 Å². The normalized spacial score (nSPS) is 19.6. The number of rotatable bonds is 28. The number of hydrogen-bond acceptors (Lipinski definition) is 32. The van der Waals surface area contributed by atoms with Crippen molar-refractivity contribution >= 4 is 29.1 Å². The molecule has 32 heteroatoms. The number of fused-ring (bicyclic) bond motifs is 3. The summed E-state index contributed by atoms with van der Waals surface area (Å²) in [5.74, 6) is 8.62. The fraction of sp³-hybridized carbons (Fsp3) is 0.559. The van der Waals surface area contributed by atoms with Gasteiger partial charge in [0.1, 0.15) is 59.8 Å². The molecule has 0 amide bonds. The Morgan fingerprint density at radius 3 is 0.858 bits per heavy atom. The molecule has 18 heterocycles. The first-order valence-corrected chi connectivity index (χ1v) is 48.9. The van der Waals surface area contributed by atoms with Crippen molar-refractivity contribution in [3.63, 3.8) is 0 Å². The average Bonchev–Trinajstić information content (AvgIpc) is 1.63. The van der Waals surface area contributed by atoms with Crippen LogP contribution >= 0.6 is 0 Å². The molecule has 0 saturated carbocycles. The van der Waals surface area contributed by atoms with Gasteiger partial charge in [0.15, 0.2) is 11.6 Å². The molecule has 718 valence electrons. The zero-order valence-electron chi connectivity index (χ0n) is 82.4. The molecule has 8 aliphatic rings. The topological polar surface area (TPSA) is 282 Å². The highest BCUT2D eigenvalue weighted by atomic mass is 16.3. The van der Waals surface area contributed by atoms with Crippen LogP contribution in [0.1, 0.15) is 196 Å². The van der Waals surface area contributed by atoms with E-state index >= 15 is 0 Å². The van der Waals surface area contributed by atoms with Crippen LogP contribution in [-0.2, 0) is 45.9 Å². The summed E-state index contributed by atoms with van der Waals surface area (Å²) in [7, 11) is 12.7. The molecule has 0 aromatic carbocycles. The zero-order valence-corrected chi connectivity index (χ0v) is 82.4. The molecule has 134 heavy (non-hydrogen) atoms. The number of aliphatic hydroxyl groups is 2. The Hall–Kier alpha value is -10.3. The van der Waals surface area contributed by atoms with Crippen LogP contribution in [0.5, 0.6) is 0 Å². The summed E-state index contributed by atoms with van der Waals surface area (Å²) in [4.78, 5) is 105. The van der Waals surface area contributed by atoms with E-state index in [1.165, 1.54) is 58.2 Å². The Balaban J connectivity index is 0.000000134. The van der Waals surface area contributed by atoms with E-state index in [1.807, 2.05) is 131 Å². The van der Waals surface area contributed by atoms with Gasteiger partial charge in [-0.25, -0.2) is 49.8 Å². The van der Waals surface area contributed by atoms with Gasteiger partial charge in [-0.2, -0.15) is 0 Å². The predicted octanol–water partition coefficient (Wildman–Crippen LogP) is 11.0. The van der Waals surface area contributed by atoms with Gasteiger partial charge < -0.3 is 44.5 Å². The van der Waals surface area contributed by atoms with Crippen molar-refractivity contribution in [2.24, 2.45) is 0 Å². The third kappa shape index (κ3) is 27.8. The number of aromatic nitrogens is 15. The minimum absolute atomic E-state index is 0.135. The van der Waals surface area contributed by atoms with E-state index in [-0.39, 0.29) is 43.4 Å². The molecule has 8 aliphatic heterocycles. The van der Waals surface area contributed by atoms with Gasteiger partial charge in [0.2, 0.25) is 0 Å². The molecule has 2 N–H and O–H groups in total. The van der Waals surface area contributed by atoms with Crippen molar-refractivity contribution in [2.45, 2.75) is 195 Å². The molecular formula is C102H148N30O2. The quantitative estimate of drug-likeness (QED) is 0.0461. The zero-order chi connectivity index (χ0) is 94.2. The molecular weight excluding hydrogens is 1680 g/mol. The summed E-state index contributed by atoms with van der Waals surface area (Å²) >= 11 is 0. The van der Waals surface area contributed by atoms with Crippen LogP contribution in [0, 0.1) is 20.8 Å². The number of hydrogen-bond donors (Lipinski definition) is 2. The Bertz CT molecular complexity index is 5070. The number of aryl methyl sites for hydroxylation is 3. The lowest BCUT2D eigenvalue weighted by atomic mass is 10.1. The van der Waals surface area contributed by atoms with E-state index in [4.69, 9.17) is 24.9 Å². The summed E-state index contributed by atoms with van der Waals surface area (Å²) in [6.07, 6.45) is 17.1. The van der Waals surface area contributed by atoms with Crippen molar-refractivity contribution < 1.29 is 10.2 Å². The predicted molar refractivity (Wildman–Crippen MR) is 531 cm³/mol. The van der Waals surface area contributed by atoms with Crippen LogP contribution in [0.4, 0.5) is 29.1 Å². The summed E-state index contributed by atoms with van der Waals surface area (Å²) in [5.41, 5.74) is 10.4. The Kier molecular flexibility index (Phi) is 36.4. The van der Waals surface area contributed by atoms with Crippen LogP contribution in [-0.4, -0.2) is 332 Å². The fourth-order valence-electron chi connectivity index (χ4n) is 19.4. The molecule has 32 nitrogen and oxygen atoms in total. The smallest absolute Gasteiger partial charge is 0.156 e. The van der Waals surface area contributed by atoms with Crippen molar-refractivity contribution in [1.29, 1.82) is 0 Å². The van der Waals surface area contributed by atoms with E-state index in [0.29, 0.717) is 42.9 Å². The molecule has 0 bridgehead atoms. The standard InChI is InChI=1S/C21H30N6O.2C21H30N6.C20H30N6.C19H28N6O/c1-16(19-7-3-4-8-22-19)25(2)13-17-12-21(24-20(15-28)23-17)27-11-10-26-9-5-6-18(26)14-27;2*1-16(20-8-4-5-9-22-20)25(3)14-18-13-21(24-17(2)23-18)27-12-11-26-10-6-7-19(26)15-27;1-5-25(16(2)19-8-6-7-9-21-19)15-18-14-20(23-17(3)22-18)26-12-10-24(4)11-13-26;1-15(17-6-4-5-7-20-17)24(3)13-16-12-19(22-18(14-26)21-16)25-10-8-23(2)9-11-25/h3-4,7-8,12,16,18,28H,5-6,9-11,13-15H2,1-2H3;2*4-5,8-9,13,16,19H,6-7,10-12,14-15H2,1-3H3;6-9,14,16H,5,10-13,15H2,1-4H3;4-7,12,15,26H,8-11,13-14H2,1-3H3/t16-,18+;16-,19+;16-,19-;16-;15-/m00000/s1. The van der Waals surface area contributed by atoms with Gasteiger partial charge in [-0.3, -0.25) is 64.1 Å². The van der Waals surface area contributed by atoms with Gasteiger partial charge in [-0.05, 0) is 223 Å². The number of aliphatic hydroxyl groups excluding tert-OH is 2. The lowest BCUT2D eigenvalue weighted by Crippen LogP contribution is -2.50. The Morgan fingerprint density at radius 1 is 0.313 bits per heavy atom. The first-order chi connectivity index (χ1) is 65.0. The maximum atomic E-state index is 9.68. The molecule has 8 fully saturated rings. The average molecular weight is 1830 g/mol. The van der Waals surface area contributed by atoms with Crippen LogP contribution in [0.15, 0.2) is 152 Å². The molecule has 18 rings (SSSR count). The minimum atomic E-state index is -0.145. The maximum absolute atomic E-state index is 9.68. The summed E-state index contributed by atoms with van der Waals surface area (Å²) in [6, 6.07) is 44.0. The monoisotopic (exact) mass is 1830 g/mol.